The second-order valence-corrected chi connectivity index (χ2v) is 8.21. The number of nitrogens with two attached hydrogens (primary N) is 3. The normalized spacial score (nSPS) is 17.5. The fraction of sp³-hybridized carbons (Fsp3) is 0.455. The number of aliphatic imine (C=N–C) groups is 1. The molecule has 3 atom stereocenters. The fourth-order valence-corrected chi connectivity index (χ4v) is 4.17. The number of aliphatic carboxylic acids is 1. The van der Waals surface area contributed by atoms with Gasteiger partial charge >= 0.3 is 5.97 Å². The molecule has 0 radical (unpaired) electrons. The molecule has 2 aromatic rings. The van der Waals surface area contributed by atoms with Crippen LogP contribution >= 0.6 is 0 Å². The van der Waals surface area contributed by atoms with E-state index in [1.54, 1.807) is 0 Å². The number of carboxylic acids is 1. The molecular weight excluding hydrogens is 426 g/mol. The number of likely N-dealkylation sites (tertiary alicyclic amines) is 1. The molecule has 178 valence electrons. The van der Waals surface area contributed by atoms with Crippen molar-refractivity contribution in [1.29, 1.82) is 0 Å². The van der Waals surface area contributed by atoms with Crippen molar-refractivity contribution < 1.29 is 19.5 Å². The molecule has 33 heavy (non-hydrogen) atoms. The monoisotopic (exact) mass is 457 g/mol. The molecule has 11 nitrogen and oxygen atoms in total. The standard InChI is InChI=1S/C22H31N7O4/c23-15(11-13-12-27-16-6-2-1-5-14(13)16)20(31)29-10-4-8-18(29)19(30)28-17(21(32)33)7-3-9-26-22(24)25/h1-2,5-6,12,15,17-18,27H,3-4,7-11,23H2,(H,28,30)(H,32,33)(H4,24,25,26). The second kappa shape index (κ2) is 10.8. The molecule has 0 spiro atoms. The number of carboxylic acid groups (broad SMARTS) is 1. The van der Waals surface area contributed by atoms with Gasteiger partial charge in [0.25, 0.3) is 0 Å². The van der Waals surface area contributed by atoms with Gasteiger partial charge in [0.1, 0.15) is 12.1 Å². The molecule has 1 aliphatic rings. The Hall–Kier alpha value is -3.60. The van der Waals surface area contributed by atoms with Gasteiger partial charge in [-0.15, -0.1) is 0 Å². The van der Waals surface area contributed by atoms with Crippen molar-refractivity contribution in [2.75, 3.05) is 13.1 Å². The molecule has 0 bridgehead atoms. The largest absolute Gasteiger partial charge is 0.480 e. The quantitative estimate of drug-likeness (QED) is 0.159. The first-order valence-electron chi connectivity index (χ1n) is 11.0. The average molecular weight is 458 g/mol. The zero-order valence-electron chi connectivity index (χ0n) is 18.4. The third-order valence-electron chi connectivity index (χ3n) is 5.83. The van der Waals surface area contributed by atoms with E-state index in [-0.39, 0.29) is 24.8 Å². The number of carbonyl (C=O) groups is 3. The highest BCUT2D eigenvalue weighted by Crippen LogP contribution is 2.22. The Morgan fingerprint density at radius 2 is 2.03 bits per heavy atom. The van der Waals surface area contributed by atoms with Gasteiger partial charge in [0.2, 0.25) is 11.8 Å². The van der Waals surface area contributed by atoms with E-state index in [0.717, 1.165) is 16.5 Å². The van der Waals surface area contributed by atoms with Gasteiger partial charge in [-0.25, -0.2) is 4.79 Å². The minimum Gasteiger partial charge on any atom is -0.480 e. The Morgan fingerprint density at radius 1 is 1.27 bits per heavy atom. The predicted octanol–water partition coefficient (Wildman–Crippen LogP) is -0.348. The number of para-hydroxylation sites is 1. The van der Waals surface area contributed by atoms with E-state index in [0.29, 0.717) is 32.2 Å². The van der Waals surface area contributed by atoms with E-state index in [1.165, 1.54) is 4.90 Å². The third kappa shape index (κ3) is 6.01. The second-order valence-electron chi connectivity index (χ2n) is 8.21. The number of rotatable bonds is 10. The number of benzene rings is 1. The minimum atomic E-state index is -1.15. The predicted molar refractivity (Wildman–Crippen MR) is 124 cm³/mol. The molecule has 9 N–H and O–H groups in total. The summed E-state index contributed by atoms with van der Waals surface area (Å²) in [6.45, 7) is 0.666. The Kier molecular flexibility index (Phi) is 7.88. The molecule has 0 saturated carbocycles. The molecule has 1 aromatic heterocycles. The summed E-state index contributed by atoms with van der Waals surface area (Å²) in [5, 5.41) is 13.0. The summed E-state index contributed by atoms with van der Waals surface area (Å²) in [5.41, 5.74) is 18.6. The molecule has 2 heterocycles. The van der Waals surface area contributed by atoms with Crippen molar-refractivity contribution in [3.8, 4) is 0 Å². The van der Waals surface area contributed by atoms with E-state index in [4.69, 9.17) is 17.2 Å². The van der Waals surface area contributed by atoms with E-state index in [2.05, 4.69) is 15.3 Å². The number of fused-ring (bicyclic) bond motifs is 1. The van der Waals surface area contributed by atoms with Gasteiger partial charge in [0.15, 0.2) is 5.96 Å². The summed E-state index contributed by atoms with van der Waals surface area (Å²) >= 11 is 0. The summed E-state index contributed by atoms with van der Waals surface area (Å²) in [7, 11) is 0. The molecule has 3 rings (SSSR count). The Morgan fingerprint density at radius 3 is 2.76 bits per heavy atom. The number of nitrogens with one attached hydrogen (secondary N) is 2. The van der Waals surface area contributed by atoms with Crippen molar-refractivity contribution in [3.63, 3.8) is 0 Å². The molecule has 1 saturated heterocycles. The van der Waals surface area contributed by atoms with Gasteiger partial charge in [-0.3, -0.25) is 14.6 Å². The first-order valence-corrected chi connectivity index (χ1v) is 11.0. The van der Waals surface area contributed by atoms with Crippen molar-refractivity contribution >= 4 is 34.6 Å². The lowest BCUT2D eigenvalue weighted by Crippen LogP contribution is -2.54. The smallest absolute Gasteiger partial charge is 0.326 e. The maximum atomic E-state index is 13.1. The molecule has 11 heteroatoms. The van der Waals surface area contributed by atoms with Crippen molar-refractivity contribution in [1.82, 2.24) is 15.2 Å². The van der Waals surface area contributed by atoms with Crippen molar-refractivity contribution in [2.45, 2.75) is 50.2 Å². The number of amides is 2. The maximum absolute atomic E-state index is 13.1. The van der Waals surface area contributed by atoms with E-state index in [1.807, 2.05) is 30.5 Å². The number of hydrogen-bond donors (Lipinski definition) is 6. The highest BCUT2D eigenvalue weighted by Gasteiger charge is 2.37. The summed E-state index contributed by atoms with van der Waals surface area (Å²) in [4.78, 5) is 46.0. The van der Waals surface area contributed by atoms with E-state index in [9.17, 15) is 19.5 Å². The number of aromatic amines is 1. The molecule has 1 fully saturated rings. The summed E-state index contributed by atoms with van der Waals surface area (Å²) in [6.07, 6.45) is 3.82. The van der Waals surface area contributed by atoms with Crippen LogP contribution in [0, 0.1) is 0 Å². The average Bonchev–Trinajstić information content (AvgIpc) is 3.42. The molecule has 3 unspecified atom stereocenters. The summed E-state index contributed by atoms with van der Waals surface area (Å²) < 4.78 is 0. The van der Waals surface area contributed by atoms with Gasteiger partial charge in [0, 0.05) is 30.2 Å². The van der Waals surface area contributed by atoms with E-state index >= 15 is 0 Å². The lowest BCUT2D eigenvalue weighted by Gasteiger charge is -2.27. The topological polar surface area (TPSA) is 193 Å². The van der Waals surface area contributed by atoms with Crippen LogP contribution in [0.1, 0.15) is 31.2 Å². The third-order valence-corrected chi connectivity index (χ3v) is 5.83. The molecule has 2 amide bonds. The van der Waals surface area contributed by atoms with Crippen molar-refractivity contribution in [2.24, 2.45) is 22.2 Å². The highest BCUT2D eigenvalue weighted by molar-refractivity contribution is 5.93. The van der Waals surface area contributed by atoms with Crippen LogP contribution in [0.4, 0.5) is 0 Å². The van der Waals surface area contributed by atoms with Crippen LogP contribution in [0.25, 0.3) is 10.9 Å². The van der Waals surface area contributed by atoms with Gasteiger partial charge in [0.05, 0.1) is 6.04 Å². The lowest BCUT2D eigenvalue weighted by molar-refractivity contribution is -0.144. The Balaban J connectivity index is 1.61. The van der Waals surface area contributed by atoms with Gasteiger partial charge < -0.3 is 37.5 Å². The zero-order chi connectivity index (χ0) is 24.0. The lowest BCUT2D eigenvalue weighted by atomic mass is 10.0. The number of guanidine groups is 1. The Bertz CT molecular complexity index is 1030. The summed E-state index contributed by atoms with van der Waals surface area (Å²) in [5.74, 6) is -2.04. The molecule has 1 aromatic carbocycles. The molecular formula is C22H31N7O4. The van der Waals surface area contributed by atoms with E-state index < -0.39 is 30.0 Å². The van der Waals surface area contributed by atoms with Gasteiger partial charge in [-0.05, 0) is 43.7 Å². The van der Waals surface area contributed by atoms with Crippen LogP contribution in [-0.2, 0) is 20.8 Å². The minimum absolute atomic E-state index is 0.0741. The van der Waals surface area contributed by atoms with Crippen molar-refractivity contribution in [3.05, 3.63) is 36.0 Å². The summed E-state index contributed by atoms with van der Waals surface area (Å²) in [6, 6.07) is 5.10. The number of H-pyrrole nitrogens is 1. The number of aromatic nitrogens is 1. The van der Waals surface area contributed by atoms with Crippen LogP contribution in [-0.4, -0.2) is 69.9 Å². The maximum Gasteiger partial charge on any atom is 0.326 e. The molecule has 0 aliphatic carbocycles. The van der Waals surface area contributed by atoms with Crippen LogP contribution in [0.2, 0.25) is 0 Å². The van der Waals surface area contributed by atoms with Gasteiger partial charge in [-0.2, -0.15) is 0 Å². The number of carbonyl (C=O) groups excluding carboxylic acids is 2. The van der Waals surface area contributed by atoms with Crippen LogP contribution in [0.3, 0.4) is 0 Å². The highest BCUT2D eigenvalue weighted by atomic mass is 16.4. The number of hydrogen-bond acceptors (Lipinski definition) is 5. The zero-order valence-corrected chi connectivity index (χ0v) is 18.4. The van der Waals surface area contributed by atoms with Crippen LogP contribution in [0.5, 0.6) is 0 Å². The van der Waals surface area contributed by atoms with Gasteiger partial charge in [-0.1, -0.05) is 18.2 Å². The molecule has 1 aliphatic heterocycles. The number of nitrogens with zero attached hydrogens (tertiary/aromatic N) is 2. The first kappa shape index (κ1) is 24.1. The fourth-order valence-electron chi connectivity index (χ4n) is 4.17. The van der Waals surface area contributed by atoms with Crippen LogP contribution < -0.4 is 22.5 Å². The SMILES string of the molecule is NC(N)=NCCCC(NC(=O)C1CCCN1C(=O)C(N)Cc1c[nH]c2ccccc12)C(=O)O. The van der Waals surface area contributed by atoms with Crippen LogP contribution in [0.15, 0.2) is 35.5 Å². The Labute approximate surface area is 191 Å². The first-order chi connectivity index (χ1) is 15.8.